The van der Waals surface area contributed by atoms with E-state index in [4.69, 9.17) is 14.6 Å². The number of halogens is 3. The van der Waals surface area contributed by atoms with Crippen LogP contribution in [0.3, 0.4) is 0 Å². The van der Waals surface area contributed by atoms with Crippen LogP contribution < -0.4 is 0 Å². The van der Waals surface area contributed by atoms with Crippen LogP contribution in [0.5, 0.6) is 0 Å². The minimum atomic E-state index is -5.08. The van der Waals surface area contributed by atoms with Crippen LogP contribution in [0.2, 0.25) is 0 Å². The Bertz CT molecular complexity index is 595. The number of aryl methyl sites for hydroxylation is 1. The highest BCUT2D eigenvalue weighted by Crippen LogP contribution is 2.22. The lowest BCUT2D eigenvalue weighted by Crippen LogP contribution is -2.38. The molecule has 2 fully saturated rings. The van der Waals surface area contributed by atoms with Gasteiger partial charge in [-0.1, -0.05) is 18.6 Å². The van der Waals surface area contributed by atoms with Crippen LogP contribution in [0.4, 0.5) is 13.2 Å². The Labute approximate surface area is 162 Å². The van der Waals surface area contributed by atoms with Crippen molar-refractivity contribution in [2.75, 3.05) is 32.8 Å². The van der Waals surface area contributed by atoms with Crippen LogP contribution >= 0.6 is 0 Å². The first kappa shape index (κ1) is 22.6. The van der Waals surface area contributed by atoms with Crippen LogP contribution in [-0.4, -0.2) is 70.0 Å². The molecule has 0 bridgehead atoms. The average Bonchev–Trinajstić information content (AvgIpc) is 3.29. The fraction of sp³-hybridized carbons (Fsp3) is 0.833. The summed E-state index contributed by atoms with van der Waals surface area (Å²) in [4.78, 5) is 11.5. The van der Waals surface area contributed by atoms with Gasteiger partial charge in [0.25, 0.3) is 0 Å². The van der Waals surface area contributed by atoms with E-state index >= 15 is 0 Å². The van der Waals surface area contributed by atoms with Crippen LogP contribution in [0, 0.1) is 11.8 Å². The van der Waals surface area contributed by atoms with Gasteiger partial charge in [0.15, 0.2) is 0 Å². The van der Waals surface area contributed by atoms with Gasteiger partial charge in [0.2, 0.25) is 0 Å². The van der Waals surface area contributed by atoms with Crippen molar-refractivity contribution in [1.29, 1.82) is 0 Å². The Kier molecular flexibility index (Phi) is 8.68. The molecule has 1 aromatic rings. The average molecular weight is 406 g/mol. The Balaban J connectivity index is 0.000000345. The number of piperidine rings is 1. The van der Waals surface area contributed by atoms with Gasteiger partial charge in [-0.3, -0.25) is 4.68 Å². The summed E-state index contributed by atoms with van der Waals surface area (Å²) in [6.45, 7) is 8.86. The second-order valence-corrected chi connectivity index (χ2v) is 7.46. The normalized spacial score (nSPS) is 21.4. The van der Waals surface area contributed by atoms with Gasteiger partial charge in [0.1, 0.15) is 0 Å². The molecule has 1 atom stereocenters. The van der Waals surface area contributed by atoms with Crippen molar-refractivity contribution in [1.82, 2.24) is 19.9 Å². The van der Waals surface area contributed by atoms with Crippen LogP contribution in [-0.2, 0) is 22.5 Å². The number of aliphatic carboxylic acids is 1. The maximum absolute atomic E-state index is 10.6. The first-order chi connectivity index (χ1) is 13.3. The molecule has 2 aliphatic heterocycles. The smallest absolute Gasteiger partial charge is 0.475 e. The molecular weight excluding hydrogens is 377 g/mol. The van der Waals surface area contributed by atoms with E-state index in [9.17, 15) is 13.2 Å². The molecule has 3 heterocycles. The van der Waals surface area contributed by atoms with Gasteiger partial charge in [0, 0.05) is 25.9 Å². The Morgan fingerprint density at radius 3 is 2.46 bits per heavy atom. The largest absolute Gasteiger partial charge is 0.490 e. The molecule has 2 saturated heterocycles. The number of aromatic nitrogens is 3. The summed E-state index contributed by atoms with van der Waals surface area (Å²) < 4.78 is 39.3. The van der Waals surface area contributed by atoms with Gasteiger partial charge in [0.05, 0.1) is 12.3 Å². The first-order valence-corrected chi connectivity index (χ1v) is 9.77. The van der Waals surface area contributed by atoms with Crippen molar-refractivity contribution in [2.24, 2.45) is 11.8 Å². The molecule has 10 heteroatoms. The highest BCUT2D eigenvalue weighted by Gasteiger charge is 2.38. The predicted molar refractivity (Wildman–Crippen MR) is 95.8 cm³/mol. The van der Waals surface area contributed by atoms with E-state index < -0.39 is 12.1 Å². The molecule has 2 aliphatic rings. The summed E-state index contributed by atoms with van der Waals surface area (Å²) in [5, 5.41) is 15.6. The molecule has 0 aliphatic carbocycles. The van der Waals surface area contributed by atoms with Gasteiger partial charge in [-0.25, -0.2) is 4.79 Å². The SMILES string of the molecule is CCCc1cn(CC2CCN(CC3CCOC3)CC2)nn1.O=C(O)C(F)(F)F. The van der Waals surface area contributed by atoms with E-state index in [-0.39, 0.29) is 0 Å². The lowest BCUT2D eigenvalue weighted by Gasteiger charge is -2.33. The first-order valence-electron chi connectivity index (χ1n) is 9.77. The molecule has 0 spiro atoms. The number of hydrogen-bond acceptors (Lipinski definition) is 5. The maximum Gasteiger partial charge on any atom is 0.490 e. The number of nitrogens with zero attached hydrogens (tertiary/aromatic N) is 4. The number of carbonyl (C=O) groups is 1. The molecule has 0 aromatic carbocycles. The van der Waals surface area contributed by atoms with E-state index in [0.29, 0.717) is 0 Å². The van der Waals surface area contributed by atoms with Crippen LogP contribution in [0.15, 0.2) is 6.20 Å². The molecule has 160 valence electrons. The number of carboxylic acid groups (broad SMARTS) is 1. The van der Waals surface area contributed by atoms with Gasteiger partial charge in [-0.05, 0) is 50.6 Å². The second kappa shape index (κ2) is 10.8. The monoisotopic (exact) mass is 406 g/mol. The number of carboxylic acids is 1. The quantitative estimate of drug-likeness (QED) is 0.782. The number of hydrogen-bond donors (Lipinski definition) is 1. The molecule has 0 saturated carbocycles. The van der Waals surface area contributed by atoms with Crippen molar-refractivity contribution < 1.29 is 27.8 Å². The van der Waals surface area contributed by atoms with Gasteiger partial charge in [-0.2, -0.15) is 13.2 Å². The zero-order chi connectivity index (χ0) is 20.6. The molecule has 0 radical (unpaired) electrons. The lowest BCUT2D eigenvalue weighted by molar-refractivity contribution is -0.192. The Morgan fingerprint density at radius 2 is 1.93 bits per heavy atom. The molecule has 1 aromatic heterocycles. The van der Waals surface area contributed by atoms with Gasteiger partial charge >= 0.3 is 12.1 Å². The molecule has 3 rings (SSSR count). The van der Waals surface area contributed by atoms with Crippen molar-refractivity contribution in [3.63, 3.8) is 0 Å². The predicted octanol–water partition coefficient (Wildman–Crippen LogP) is 2.61. The molecule has 7 nitrogen and oxygen atoms in total. The minimum Gasteiger partial charge on any atom is -0.475 e. The fourth-order valence-corrected chi connectivity index (χ4v) is 3.51. The standard InChI is InChI=1S/C16H28N4O.C2HF3O2/c1-2-3-16-12-20(18-17-16)11-14-4-7-19(8-5-14)10-15-6-9-21-13-15;3-2(4,5)1(6)7/h12,14-15H,2-11,13H2,1H3;(H,6,7). The van der Waals surface area contributed by atoms with E-state index in [1.54, 1.807) is 0 Å². The number of alkyl halides is 3. The van der Waals surface area contributed by atoms with E-state index in [0.717, 1.165) is 50.1 Å². The number of rotatable bonds is 6. The lowest BCUT2D eigenvalue weighted by atomic mass is 9.96. The Morgan fingerprint density at radius 1 is 1.25 bits per heavy atom. The molecule has 0 amide bonds. The second-order valence-electron chi connectivity index (χ2n) is 7.46. The van der Waals surface area contributed by atoms with Gasteiger partial charge < -0.3 is 14.7 Å². The summed E-state index contributed by atoms with van der Waals surface area (Å²) in [5.74, 6) is -1.22. The van der Waals surface area contributed by atoms with E-state index in [1.165, 1.54) is 38.9 Å². The highest BCUT2D eigenvalue weighted by molar-refractivity contribution is 5.73. The Hall–Kier alpha value is -1.68. The third-order valence-electron chi connectivity index (χ3n) is 5.03. The highest BCUT2D eigenvalue weighted by atomic mass is 19.4. The van der Waals surface area contributed by atoms with Crippen LogP contribution in [0.1, 0.15) is 38.3 Å². The topological polar surface area (TPSA) is 80.5 Å². The van der Waals surface area contributed by atoms with Crippen molar-refractivity contribution >= 4 is 5.97 Å². The number of likely N-dealkylation sites (tertiary alicyclic amines) is 1. The van der Waals surface area contributed by atoms with Crippen molar-refractivity contribution in [3.8, 4) is 0 Å². The minimum absolute atomic E-state index is 0.761. The van der Waals surface area contributed by atoms with Crippen LogP contribution in [0.25, 0.3) is 0 Å². The molecule has 1 N–H and O–H groups in total. The summed E-state index contributed by atoms with van der Waals surface area (Å²) >= 11 is 0. The summed E-state index contributed by atoms with van der Waals surface area (Å²) in [5.41, 5.74) is 1.14. The summed E-state index contributed by atoms with van der Waals surface area (Å²) in [6.07, 6.45) is 3.06. The maximum atomic E-state index is 10.6. The molecular formula is C18H29F3N4O3. The zero-order valence-electron chi connectivity index (χ0n) is 16.2. The fourth-order valence-electron chi connectivity index (χ4n) is 3.51. The number of ether oxygens (including phenoxy) is 1. The summed E-state index contributed by atoms with van der Waals surface area (Å²) in [6, 6.07) is 0. The third kappa shape index (κ3) is 7.75. The molecule has 1 unspecified atom stereocenters. The van der Waals surface area contributed by atoms with Crippen molar-refractivity contribution in [2.45, 2.75) is 51.7 Å². The van der Waals surface area contributed by atoms with E-state index in [1.807, 2.05) is 0 Å². The summed E-state index contributed by atoms with van der Waals surface area (Å²) in [7, 11) is 0. The van der Waals surface area contributed by atoms with Crippen molar-refractivity contribution in [3.05, 3.63) is 11.9 Å². The zero-order valence-corrected chi connectivity index (χ0v) is 16.2. The third-order valence-corrected chi connectivity index (χ3v) is 5.03. The van der Waals surface area contributed by atoms with Gasteiger partial charge in [-0.15, -0.1) is 5.10 Å². The molecule has 28 heavy (non-hydrogen) atoms. The van der Waals surface area contributed by atoms with E-state index in [2.05, 4.69) is 33.0 Å².